The number of hydrogen-bond donors (Lipinski definition) is 2. The van der Waals surface area contributed by atoms with Crippen molar-refractivity contribution in [3.63, 3.8) is 0 Å². The van der Waals surface area contributed by atoms with Crippen molar-refractivity contribution in [2.45, 2.75) is 75.4 Å². The predicted molar refractivity (Wildman–Crippen MR) is 169 cm³/mol. The van der Waals surface area contributed by atoms with Gasteiger partial charge in [-0.2, -0.15) is 4.98 Å². The summed E-state index contributed by atoms with van der Waals surface area (Å²) in [6.07, 6.45) is 4.43. The van der Waals surface area contributed by atoms with Gasteiger partial charge < -0.3 is 25.1 Å². The normalized spacial score (nSPS) is 18.2. The maximum Gasteiger partial charge on any atom is 0.229 e. The van der Waals surface area contributed by atoms with Gasteiger partial charge in [-0.05, 0) is 96.1 Å². The first-order valence-electron chi connectivity index (χ1n) is 14.6. The summed E-state index contributed by atoms with van der Waals surface area (Å²) in [5.41, 5.74) is 3.00. The molecule has 3 aromatic rings. The minimum absolute atomic E-state index is 0.0883. The molecule has 1 atom stereocenters. The summed E-state index contributed by atoms with van der Waals surface area (Å²) in [6, 6.07) is 10.6. The van der Waals surface area contributed by atoms with Crippen molar-refractivity contribution in [1.29, 1.82) is 0 Å². The number of carbonyl (C=O) groups excluding carboxylic acids is 1. The molecule has 0 radical (unpaired) electrons. The second-order valence-corrected chi connectivity index (χ2v) is 14.6. The number of nitrogens with zero attached hydrogens (tertiary/aromatic N) is 4. The van der Waals surface area contributed by atoms with Crippen LogP contribution in [-0.4, -0.2) is 72.0 Å². The van der Waals surface area contributed by atoms with Crippen LogP contribution in [0.25, 0.3) is 0 Å². The Morgan fingerprint density at radius 1 is 1.07 bits per heavy atom. The highest BCUT2D eigenvalue weighted by atomic mass is 35.5. The van der Waals surface area contributed by atoms with Crippen molar-refractivity contribution in [1.82, 2.24) is 19.8 Å². The number of para-hydroxylation sites is 1. The molecule has 2 aliphatic rings. The van der Waals surface area contributed by atoms with Crippen LogP contribution in [0.2, 0.25) is 5.02 Å². The number of aldehydes is 1. The predicted octanol–water partition coefficient (Wildman–Crippen LogP) is 5.74. The number of halogens is 1. The average molecular weight is 627 g/mol. The van der Waals surface area contributed by atoms with Crippen molar-refractivity contribution in [3.8, 4) is 5.75 Å². The molecule has 5 rings (SSSR count). The summed E-state index contributed by atoms with van der Waals surface area (Å²) < 4.78 is 32.2. The lowest BCUT2D eigenvalue weighted by atomic mass is 10.0. The van der Waals surface area contributed by atoms with Crippen LogP contribution < -0.4 is 15.4 Å². The molecule has 2 aromatic carbocycles. The van der Waals surface area contributed by atoms with Crippen molar-refractivity contribution in [3.05, 3.63) is 58.7 Å². The Morgan fingerprint density at radius 2 is 1.79 bits per heavy atom. The van der Waals surface area contributed by atoms with Crippen molar-refractivity contribution in [2.24, 2.45) is 0 Å². The molecule has 230 valence electrons. The van der Waals surface area contributed by atoms with Crippen LogP contribution in [0, 0.1) is 0 Å². The molecule has 43 heavy (non-hydrogen) atoms. The lowest BCUT2D eigenvalue weighted by molar-refractivity contribution is -0.113. The van der Waals surface area contributed by atoms with Crippen LogP contribution in [0.5, 0.6) is 5.75 Å². The second-order valence-electron chi connectivity index (χ2n) is 11.7. The third kappa shape index (κ3) is 6.64. The SMILES string of the molecule is CC(C)Oc1cc2c(cc1Nc1ncc(Cl)c(Nc3ccccc3S(=O)(=O)C(C)C)n1)C(C=O)N(C1CCN(C)CC1)C2. The minimum Gasteiger partial charge on any atom is -0.489 e. The molecule has 3 heterocycles. The molecule has 10 nitrogen and oxygen atoms in total. The molecule has 1 aromatic heterocycles. The molecule has 0 aliphatic carbocycles. The van der Waals surface area contributed by atoms with Crippen LogP contribution in [0.4, 0.5) is 23.1 Å². The van der Waals surface area contributed by atoms with Gasteiger partial charge in [0.2, 0.25) is 5.95 Å². The maximum absolute atomic E-state index is 13.0. The minimum atomic E-state index is -3.56. The monoisotopic (exact) mass is 626 g/mol. The average Bonchev–Trinajstić information content (AvgIpc) is 3.32. The van der Waals surface area contributed by atoms with Gasteiger partial charge in [0.05, 0.1) is 39.9 Å². The van der Waals surface area contributed by atoms with Gasteiger partial charge in [0.25, 0.3) is 0 Å². The molecular formula is C31H39ClN6O4S. The number of piperidine rings is 1. The fourth-order valence-electron chi connectivity index (χ4n) is 5.64. The van der Waals surface area contributed by atoms with Crippen LogP contribution in [0.3, 0.4) is 0 Å². The smallest absolute Gasteiger partial charge is 0.229 e. The summed E-state index contributed by atoms with van der Waals surface area (Å²) in [5.74, 6) is 1.11. The van der Waals surface area contributed by atoms with E-state index in [9.17, 15) is 13.2 Å². The molecule has 12 heteroatoms. The van der Waals surface area contributed by atoms with E-state index in [4.69, 9.17) is 16.3 Å². The first-order chi connectivity index (χ1) is 20.5. The number of aromatic nitrogens is 2. The second kappa shape index (κ2) is 12.8. The van der Waals surface area contributed by atoms with Crippen LogP contribution >= 0.6 is 11.6 Å². The van der Waals surface area contributed by atoms with Gasteiger partial charge in [-0.3, -0.25) is 4.90 Å². The standard InChI is InChI=1S/C31H39ClN6O4S/c1-19(2)42-28-14-21-17-38(22-10-12-37(5)13-11-22)27(18-39)23(21)15-26(28)35-31-33-16-24(32)30(36-31)34-25-8-6-7-9-29(25)43(40,41)20(3)4/h6-9,14-16,18-20,22,27H,10-13,17H2,1-5H3,(H2,33,34,35,36). The van der Waals surface area contributed by atoms with Crippen LogP contribution in [0.15, 0.2) is 47.5 Å². The maximum atomic E-state index is 13.0. The molecule has 1 fully saturated rings. The van der Waals surface area contributed by atoms with E-state index in [1.807, 2.05) is 26.0 Å². The Hall–Kier alpha value is -3.25. The number of likely N-dealkylation sites (tertiary alicyclic amines) is 1. The fraction of sp³-hybridized carbons (Fsp3) is 0.452. The van der Waals surface area contributed by atoms with E-state index in [0.717, 1.165) is 43.3 Å². The Labute approximate surface area is 258 Å². The summed E-state index contributed by atoms with van der Waals surface area (Å²) in [5, 5.41) is 5.98. The zero-order valence-corrected chi connectivity index (χ0v) is 26.7. The topological polar surface area (TPSA) is 117 Å². The number of fused-ring (bicyclic) bond motifs is 1. The summed E-state index contributed by atoms with van der Waals surface area (Å²) in [4.78, 5) is 26.2. The number of carbonyl (C=O) groups is 1. The number of hydrogen-bond acceptors (Lipinski definition) is 10. The quantitative estimate of drug-likeness (QED) is 0.270. The highest BCUT2D eigenvalue weighted by Gasteiger charge is 2.37. The van der Waals surface area contributed by atoms with Crippen molar-refractivity contribution < 1.29 is 17.9 Å². The van der Waals surface area contributed by atoms with Gasteiger partial charge in [-0.15, -0.1) is 0 Å². The number of ether oxygens (including phenoxy) is 1. The Balaban J connectivity index is 1.46. The highest BCUT2D eigenvalue weighted by molar-refractivity contribution is 7.92. The molecule has 0 saturated carbocycles. The largest absolute Gasteiger partial charge is 0.489 e. The fourth-order valence-corrected chi connectivity index (χ4v) is 6.98. The molecule has 0 spiro atoms. The van der Waals surface area contributed by atoms with Crippen LogP contribution in [-0.2, 0) is 21.2 Å². The van der Waals surface area contributed by atoms with E-state index in [0.29, 0.717) is 29.7 Å². The Kier molecular flexibility index (Phi) is 9.26. The summed E-state index contributed by atoms with van der Waals surface area (Å²) in [7, 11) is -1.43. The molecule has 0 bridgehead atoms. The van der Waals surface area contributed by atoms with Gasteiger partial charge in [-0.1, -0.05) is 23.7 Å². The van der Waals surface area contributed by atoms with Crippen molar-refractivity contribution in [2.75, 3.05) is 30.8 Å². The zero-order chi connectivity index (χ0) is 30.9. The molecular weight excluding hydrogens is 588 g/mol. The van der Waals surface area contributed by atoms with Gasteiger partial charge in [0, 0.05) is 12.6 Å². The van der Waals surface area contributed by atoms with E-state index < -0.39 is 15.1 Å². The number of rotatable bonds is 10. The first kappa shape index (κ1) is 31.2. The van der Waals surface area contributed by atoms with Crippen molar-refractivity contribution >= 4 is 50.9 Å². The Bertz CT molecular complexity index is 1590. The number of benzene rings is 2. The number of nitrogens with one attached hydrogen (secondary N) is 2. The third-order valence-electron chi connectivity index (χ3n) is 7.98. The highest BCUT2D eigenvalue weighted by Crippen LogP contribution is 2.42. The lowest BCUT2D eigenvalue weighted by Gasteiger charge is -2.36. The first-order valence-corrected chi connectivity index (χ1v) is 16.5. The van der Waals surface area contributed by atoms with E-state index in [1.54, 1.807) is 38.1 Å². The van der Waals surface area contributed by atoms with E-state index >= 15 is 0 Å². The summed E-state index contributed by atoms with van der Waals surface area (Å²) >= 11 is 6.46. The number of anilines is 4. The van der Waals surface area contributed by atoms with E-state index in [1.165, 1.54) is 6.20 Å². The molecule has 2 aliphatic heterocycles. The van der Waals surface area contributed by atoms with Crippen LogP contribution in [0.1, 0.15) is 57.7 Å². The van der Waals surface area contributed by atoms with E-state index in [-0.39, 0.29) is 33.8 Å². The van der Waals surface area contributed by atoms with Gasteiger partial charge in [0.15, 0.2) is 15.7 Å². The number of sulfone groups is 1. The molecule has 1 unspecified atom stereocenters. The summed E-state index contributed by atoms with van der Waals surface area (Å²) in [6.45, 7) is 9.90. The van der Waals surface area contributed by atoms with Gasteiger partial charge in [-0.25, -0.2) is 13.4 Å². The van der Waals surface area contributed by atoms with Gasteiger partial charge in [0.1, 0.15) is 17.1 Å². The lowest BCUT2D eigenvalue weighted by Crippen LogP contribution is -2.43. The molecule has 1 saturated heterocycles. The zero-order valence-electron chi connectivity index (χ0n) is 25.2. The van der Waals surface area contributed by atoms with E-state index in [2.05, 4.69) is 37.4 Å². The molecule has 0 amide bonds. The molecule has 2 N–H and O–H groups in total. The Morgan fingerprint density at radius 3 is 2.47 bits per heavy atom. The third-order valence-corrected chi connectivity index (χ3v) is 10.5. The van der Waals surface area contributed by atoms with Gasteiger partial charge >= 0.3 is 0 Å².